The lowest BCUT2D eigenvalue weighted by Gasteiger charge is -2.29. The molecule has 0 spiro atoms. The Labute approximate surface area is 186 Å². The summed E-state index contributed by atoms with van der Waals surface area (Å²) in [5.74, 6) is -7.49. The fraction of sp³-hybridized carbons (Fsp3) is 0.500. The van der Waals surface area contributed by atoms with Crippen molar-refractivity contribution in [1.82, 2.24) is 20.0 Å². The second-order valence-electron chi connectivity index (χ2n) is 6.93. The van der Waals surface area contributed by atoms with Crippen LogP contribution in [-0.4, -0.2) is 129 Å². The van der Waals surface area contributed by atoms with Crippen LogP contribution in [0.4, 0.5) is 0 Å². The molecule has 33 heavy (non-hydrogen) atoms. The van der Waals surface area contributed by atoms with Crippen molar-refractivity contribution in [2.75, 3.05) is 45.8 Å². The maximum atomic E-state index is 12.2. The number of carbonyl (C=O) groups excluding carboxylic acids is 3. The van der Waals surface area contributed by atoms with E-state index in [0.717, 1.165) is 26.9 Å². The Morgan fingerprint density at radius 3 is 1.91 bits per heavy atom. The summed E-state index contributed by atoms with van der Waals surface area (Å²) in [7, 11) is 0. The normalized spacial score (nSPS) is 14.1. The molecule has 0 bridgehead atoms. The molecule has 1 rings (SSSR count). The highest BCUT2D eigenvalue weighted by atomic mass is 16.4. The summed E-state index contributed by atoms with van der Waals surface area (Å²) in [6.07, 6.45) is 1.28. The van der Waals surface area contributed by atoms with Crippen LogP contribution in [0, 0.1) is 0 Å². The van der Waals surface area contributed by atoms with E-state index in [1.165, 1.54) is 0 Å². The van der Waals surface area contributed by atoms with Crippen LogP contribution in [0.1, 0.15) is 6.42 Å². The van der Waals surface area contributed by atoms with Gasteiger partial charge in [0, 0.05) is 38.3 Å². The van der Waals surface area contributed by atoms with E-state index < -0.39 is 73.7 Å². The molecule has 1 aliphatic rings. The molecular formula is C18H24N4O11. The maximum Gasteiger partial charge on any atom is 0.321 e. The number of aliphatic carboxylic acids is 4. The van der Waals surface area contributed by atoms with Gasteiger partial charge < -0.3 is 25.7 Å². The first-order valence-electron chi connectivity index (χ1n) is 9.55. The second-order valence-corrected chi connectivity index (χ2v) is 6.93. The molecule has 0 saturated carbocycles. The van der Waals surface area contributed by atoms with E-state index in [1.807, 2.05) is 0 Å². The third-order valence-electron chi connectivity index (χ3n) is 4.42. The zero-order valence-corrected chi connectivity index (χ0v) is 17.4. The number of rotatable bonds is 16. The first-order chi connectivity index (χ1) is 15.4. The van der Waals surface area contributed by atoms with Gasteiger partial charge in [0.2, 0.25) is 5.91 Å². The van der Waals surface area contributed by atoms with Crippen molar-refractivity contribution in [1.29, 1.82) is 0 Å². The molecule has 15 heteroatoms. The Bertz CT molecular complexity index is 823. The average Bonchev–Trinajstić information content (AvgIpc) is 3.00. The first-order valence-corrected chi connectivity index (χ1v) is 9.55. The predicted molar refractivity (Wildman–Crippen MR) is 106 cm³/mol. The molecule has 3 amide bonds. The highest BCUT2D eigenvalue weighted by Gasteiger charge is 2.30. The van der Waals surface area contributed by atoms with Crippen molar-refractivity contribution in [2.24, 2.45) is 0 Å². The number of nitrogens with zero attached hydrogens (tertiary/aromatic N) is 3. The van der Waals surface area contributed by atoms with Gasteiger partial charge in [-0.15, -0.1) is 0 Å². The van der Waals surface area contributed by atoms with E-state index in [-0.39, 0.29) is 26.2 Å². The van der Waals surface area contributed by atoms with Crippen LogP contribution < -0.4 is 5.32 Å². The Kier molecular flexibility index (Phi) is 10.6. The average molecular weight is 472 g/mol. The van der Waals surface area contributed by atoms with Gasteiger partial charge in [-0.25, -0.2) is 0 Å². The Morgan fingerprint density at radius 2 is 1.42 bits per heavy atom. The summed E-state index contributed by atoms with van der Waals surface area (Å²) in [5.41, 5.74) is 0. The minimum absolute atomic E-state index is 0.0935. The summed E-state index contributed by atoms with van der Waals surface area (Å²) in [6.45, 7) is -2.73. The number of carbonyl (C=O) groups is 7. The number of imide groups is 1. The van der Waals surface area contributed by atoms with Crippen LogP contribution in [0.25, 0.3) is 0 Å². The molecule has 1 unspecified atom stereocenters. The van der Waals surface area contributed by atoms with E-state index in [9.17, 15) is 38.7 Å². The van der Waals surface area contributed by atoms with Crippen LogP contribution in [0.2, 0.25) is 0 Å². The zero-order chi connectivity index (χ0) is 25.1. The minimum Gasteiger partial charge on any atom is -0.481 e. The van der Waals surface area contributed by atoms with E-state index in [2.05, 4.69) is 5.32 Å². The van der Waals surface area contributed by atoms with Gasteiger partial charge in [-0.05, 0) is 0 Å². The molecule has 0 radical (unpaired) electrons. The zero-order valence-electron chi connectivity index (χ0n) is 17.4. The molecule has 0 aromatic carbocycles. The molecule has 15 nitrogen and oxygen atoms in total. The summed E-state index contributed by atoms with van der Waals surface area (Å²) < 4.78 is 0. The van der Waals surface area contributed by atoms with Gasteiger partial charge in [0.1, 0.15) is 6.04 Å². The van der Waals surface area contributed by atoms with Gasteiger partial charge in [0.05, 0.1) is 26.1 Å². The summed E-state index contributed by atoms with van der Waals surface area (Å²) >= 11 is 0. The predicted octanol–water partition coefficient (Wildman–Crippen LogP) is -3.27. The Balaban J connectivity index is 2.71. The number of hydrogen-bond donors (Lipinski definition) is 5. The first kappa shape index (κ1) is 27.2. The van der Waals surface area contributed by atoms with Crippen molar-refractivity contribution in [3.63, 3.8) is 0 Å². The van der Waals surface area contributed by atoms with Crippen LogP contribution in [0.15, 0.2) is 12.2 Å². The SMILES string of the molecule is O=C(O)CC(C(=O)O)N(CCN(CC(=O)O)CC(=O)NCCN1C(=O)C=CC1=O)CC(=O)O. The standard InChI is InChI=1S/C18H24N4O11/c23-12(19-3-4-22-13(24)1-2-14(22)25)8-20(9-16(28)29)5-6-21(10-17(30)31)11(18(32)33)7-15(26)27/h1-2,11H,3-10H2,(H,19,23)(H,26,27)(H,28,29)(H,30,31)(H,32,33). The van der Waals surface area contributed by atoms with Gasteiger partial charge in [0.25, 0.3) is 11.8 Å². The van der Waals surface area contributed by atoms with Crippen molar-refractivity contribution in [3.05, 3.63) is 12.2 Å². The number of hydrogen-bond acceptors (Lipinski definition) is 9. The van der Waals surface area contributed by atoms with Crippen molar-refractivity contribution in [3.8, 4) is 0 Å². The van der Waals surface area contributed by atoms with Crippen LogP contribution in [0.3, 0.4) is 0 Å². The second kappa shape index (κ2) is 12.9. The lowest BCUT2D eigenvalue weighted by molar-refractivity contribution is -0.152. The smallest absolute Gasteiger partial charge is 0.321 e. The van der Waals surface area contributed by atoms with Crippen molar-refractivity contribution >= 4 is 41.6 Å². The summed E-state index contributed by atoms with van der Waals surface area (Å²) in [4.78, 5) is 82.5. The van der Waals surface area contributed by atoms with Gasteiger partial charge in [0.15, 0.2) is 0 Å². The number of nitrogens with one attached hydrogen (secondary N) is 1. The van der Waals surface area contributed by atoms with Crippen LogP contribution in [-0.2, 0) is 33.6 Å². The molecule has 0 aliphatic carbocycles. The Hall–Kier alpha value is -3.85. The molecule has 1 aliphatic heterocycles. The molecular weight excluding hydrogens is 448 g/mol. The van der Waals surface area contributed by atoms with Crippen LogP contribution >= 0.6 is 0 Å². The topological polar surface area (TPSA) is 222 Å². The van der Waals surface area contributed by atoms with Crippen molar-refractivity contribution in [2.45, 2.75) is 12.5 Å². The van der Waals surface area contributed by atoms with Gasteiger partial charge >= 0.3 is 23.9 Å². The fourth-order valence-corrected chi connectivity index (χ4v) is 2.95. The highest BCUT2D eigenvalue weighted by Crippen LogP contribution is 2.07. The number of carboxylic acids is 4. The molecule has 0 aromatic rings. The molecule has 1 heterocycles. The quantitative estimate of drug-likeness (QED) is 0.139. The molecule has 0 aromatic heterocycles. The highest BCUT2D eigenvalue weighted by molar-refractivity contribution is 6.12. The lowest BCUT2D eigenvalue weighted by atomic mass is 10.1. The van der Waals surface area contributed by atoms with Gasteiger partial charge in [-0.2, -0.15) is 0 Å². The van der Waals surface area contributed by atoms with E-state index in [1.54, 1.807) is 0 Å². The maximum absolute atomic E-state index is 12.2. The largest absolute Gasteiger partial charge is 0.481 e. The minimum atomic E-state index is -1.68. The van der Waals surface area contributed by atoms with Gasteiger partial charge in [-0.3, -0.25) is 48.3 Å². The van der Waals surface area contributed by atoms with E-state index in [0.29, 0.717) is 0 Å². The third-order valence-corrected chi connectivity index (χ3v) is 4.42. The molecule has 0 fully saturated rings. The monoisotopic (exact) mass is 472 g/mol. The summed E-state index contributed by atoms with van der Waals surface area (Å²) in [6, 6.07) is -1.68. The van der Waals surface area contributed by atoms with Gasteiger partial charge in [-0.1, -0.05) is 0 Å². The van der Waals surface area contributed by atoms with Crippen LogP contribution in [0.5, 0.6) is 0 Å². The molecule has 1 atom stereocenters. The lowest BCUT2D eigenvalue weighted by Crippen LogP contribution is -2.50. The molecule has 0 saturated heterocycles. The molecule has 182 valence electrons. The molecule has 5 N–H and O–H groups in total. The summed E-state index contributed by atoms with van der Waals surface area (Å²) in [5, 5.41) is 38.7. The third kappa shape index (κ3) is 9.88. The number of carboxylic acid groups (broad SMARTS) is 4. The fourth-order valence-electron chi connectivity index (χ4n) is 2.95. The van der Waals surface area contributed by atoms with Crippen molar-refractivity contribution < 1.29 is 54.0 Å². The number of amides is 3. The van der Waals surface area contributed by atoms with E-state index in [4.69, 9.17) is 15.3 Å². The Morgan fingerprint density at radius 1 is 0.848 bits per heavy atom. The van der Waals surface area contributed by atoms with E-state index >= 15 is 0 Å².